The van der Waals surface area contributed by atoms with Gasteiger partial charge in [-0.3, -0.25) is 19.2 Å². The lowest BCUT2D eigenvalue weighted by molar-refractivity contribution is -0.385. The number of hydrogen-bond acceptors (Lipinski definition) is 7. The zero-order chi connectivity index (χ0) is 19.0. The SMILES string of the molecule is CC1=CC(=O)C(C)(Br)C(Br)/C1=N/OS(=O)(=O)c1cccc([N+](=O)[O-])c1. The second-order valence-electron chi connectivity index (χ2n) is 5.39. The molecule has 1 aliphatic carbocycles. The van der Waals surface area contributed by atoms with Crippen LogP contribution < -0.4 is 0 Å². The van der Waals surface area contributed by atoms with Gasteiger partial charge in [0.05, 0.1) is 15.5 Å². The number of carbonyl (C=O) groups excluding carboxylic acids is 1. The normalized spacial score (nSPS) is 25.6. The van der Waals surface area contributed by atoms with Crippen molar-refractivity contribution < 1.29 is 22.4 Å². The predicted octanol–water partition coefficient (Wildman–Crippen LogP) is 3.10. The van der Waals surface area contributed by atoms with Crippen LogP contribution in [0.1, 0.15) is 13.8 Å². The Bertz CT molecular complexity index is 908. The minimum atomic E-state index is -4.35. The molecule has 8 nitrogen and oxygen atoms in total. The molecule has 0 saturated heterocycles. The number of nitro benzene ring substituents is 1. The molecule has 0 radical (unpaired) electrons. The monoisotopic (exact) mass is 494 g/mol. The van der Waals surface area contributed by atoms with E-state index in [1.54, 1.807) is 13.8 Å². The smallest absolute Gasteiger partial charge is 0.293 e. The van der Waals surface area contributed by atoms with Crippen LogP contribution in [0.5, 0.6) is 0 Å². The van der Waals surface area contributed by atoms with Crippen LogP contribution in [0.2, 0.25) is 0 Å². The molecule has 0 aromatic heterocycles. The number of carbonyl (C=O) groups is 1. The van der Waals surface area contributed by atoms with Crippen LogP contribution >= 0.6 is 31.9 Å². The van der Waals surface area contributed by atoms with Crippen molar-refractivity contribution >= 4 is 59.2 Å². The number of hydrogen-bond donors (Lipinski definition) is 0. The quantitative estimate of drug-likeness (QED) is 0.360. The van der Waals surface area contributed by atoms with E-state index in [4.69, 9.17) is 4.28 Å². The number of rotatable bonds is 4. The predicted molar refractivity (Wildman–Crippen MR) is 97.6 cm³/mol. The number of benzene rings is 1. The molecule has 0 N–H and O–H groups in total. The highest BCUT2D eigenvalue weighted by molar-refractivity contribution is 9.13. The first-order valence-electron chi connectivity index (χ1n) is 6.79. The first-order valence-corrected chi connectivity index (χ1v) is 9.90. The van der Waals surface area contributed by atoms with Gasteiger partial charge in [-0.2, -0.15) is 8.42 Å². The molecule has 0 bridgehead atoms. The number of nitrogens with zero attached hydrogens (tertiary/aromatic N) is 2. The Hall–Kier alpha value is -1.59. The molecule has 2 atom stereocenters. The van der Waals surface area contributed by atoms with Gasteiger partial charge in [0.1, 0.15) is 9.22 Å². The summed E-state index contributed by atoms with van der Waals surface area (Å²) < 4.78 is 28.1. The van der Waals surface area contributed by atoms with E-state index in [0.717, 1.165) is 18.2 Å². The zero-order valence-electron chi connectivity index (χ0n) is 13.0. The average molecular weight is 496 g/mol. The summed E-state index contributed by atoms with van der Waals surface area (Å²) in [6.07, 6.45) is 1.33. The maximum atomic E-state index is 12.2. The number of ketones is 1. The summed E-state index contributed by atoms with van der Waals surface area (Å²) in [6, 6.07) is 4.43. The lowest BCUT2D eigenvalue weighted by Crippen LogP contribution is -2.45. The van der Waals surface area contributed by atoms with E-state index in [0.29, 0.717) is 5.57 Å². The average Bonchev–Trinajstić information content (AvgIpc) is 2.53. The number of halogens is 2. The third kappa shape index (κ3) is 3.98. The van der Waals surface area contributed by atoms with Gasteiger partial charge in [0.2, 0.25) is 0 Å². The maximum Gasteiger partial charge on any atom is 0.358 e. The van der Waals surface area contributed by atoms with Gasteiger partial charge in [0, 0.05) is 12.1 Å². The van der Waals surface area contributed by atoms with Crippen LogP contribution in [-0.4, -0.2) is 34.0 Å². The number of non-ortho nitro benzene ring substituents is 1. The van der Waals surface area contributed by atoms with Crippen LogP contribution in [-0.2, 0) is 19.2 Å². The third-order valence-electron chi connectivity index (χ3n) is 3.50. The van der Waals surface area contributed by atoms with Crippen molar-refractivity contribution in [2.24, 2.45) is 5.16 Å². The molecule has 1 aliphatic rings. The molecule has 0 saturated carbocycles. The van der Waals surface area contributed by atoms with Crippen molar-refractivity contribution in [2.45, 2.75) is 27.9 Å². The molecule has 0 aliphatic heterocycles. The van der Waals surface area contributed by atoms with E-state index >= 15 is 0 Å². The summed E-state index contributed by atoms with van der Waals surface area (Å²) in [7, 11) is -4.35. The summed E-state index contributed by atoms with van der Waals surface area (Å²) in [5.41, 5.74) is 0.272. The van der Waals surface area contributed by atoms with Gasteiger partial charge < -0.3 is 0 Å². The fraction of sp³-hybridized carbons (Fsp3) is 0.286. The Morgan fingerprint density at radius 1 is 1.40 bits per heavy atom. The molecule has 1 aromatic carbocycles. The van der Waals surface area contributed by atoms with E-state index in [-0.39, 0.29) is 17.2 Å². The van der Waals surface area contributed by atoms with Gasteiger partial charge in [-0.05, 0) is 31.6 Å². The molecular formula is C14H12Br2N2O6S. The molecule has 25 heavy (non-hydrogen) atoms. The molecular weight excluding hydrogens is 484 g/mol. The van der Waals surface area contributed by atoms with Gasteiger partial charge in [0.15, 0.2) is 5.78 Å². The summed E-state index contributed by atoms with van der Waals surface area (Å²) >= 11 is 6.59. The first-order chi connectivity index (χ1) is 11.5. The molecule has 0 spiro atoms. The van der Waals surface area contributed by atoms with Gasteiger partial charge in [-0.25, -0.2) is 0 Å². The van der Waals surface area contributed by atoms with Crippen molar-refractivity contribution in [1.29, 1.82) is 0 Å². The molecule has 1 aromatic rings. The standard InChI is InChI=1S/C14H12Br2N2O6S/c1-8-6-11(19)14(2,16)13(15)12(8)17-24-25(22,23)10-5-3-4-9(7-10)18(20)21/h3-7,13H,1-2H3/b17-12+. The Morgan fingerprint density at radius 3 is 2.64 bits per heavy atom. The van der Waals surface area contributed by atoms with Crippen LogP contribution in [0, 0.1) is 10.1 Å². The Morgan fingerprint density at radius 2 is 2.04 bits per heavy atom. The lowest BCUT2D eigenvalue weighted by Gasteiger charge is -2.30. The second-order valence-corrected chi connectivity index (χ2v) is 9.48. The largest absolute Gasteiger partial charge is 0.358 e. The van der Waals surface area contributed by atoms with Gasteiger partial charge in [0.25, 0.3) is 5.69 Å². The van der Waals surface area contributed by atoms with Crippen molar-refractivity contribution in [3.05, 3.63) is 46.0 Å². The Kier molecular flexibility index (Phi) is 5.50. The number of allylic oxidation sites excluding steroid dienone is 2. The fourth-order valence-electron chi connectivity index (χ4n) is 2.00. The molecule has 2 rings (SSSR count). The fourth-order valence-corrected chi connectivity index (χ4v) is 3.77. The highest BCUT2D eigenvalue weighted by atomic mass is 79.9. The highest BCUT2D eigenvalue weighted by Gasteiger charge is 2.43. The molecule has 0 heterocycles. The van der Waals surface area contributed by atoms with Crippen LogP contribution in [0.4, 0.5) is 5.69 Å². The molecule has 0 fully saturated rings. The van der Waals surface area contributed by atoms with E-state index < -0.39 is 29.1 Å². The van der Waals surface area contributed by atoms with Crippen molar-refractivity contribution in [3.63, 3.8) is 0 Å². The van der Waals surface area contributed by atoms with Crippen LogP contribution in [0.25, 0.3) is 0 Å². The zero-order valence-corrected chi connectivity index (χ0v) is 17.0. The summed E-state index contributed by atoms with van der Waals surface area (Å²) in [6.45, 7) is 3.21. The van der Waals surface area contributed by atoms with Crippen molar-refractivity contribution in [2.75, 3.05) is 0 Å². The molecule has 0 amide bonds. The highest BCUT2D eigenvalue weighted by Crippen LogP contribution is 2.36. The maximum absolute atomic E-state index is 12.2. The van der Waals surface area contributed by atoms with E-state index in [9.17, 15) is 23.3 Å². The third-order valence-corrected chi connectivity index (χ3v) is 7.41. The molecule has 11 heteroatoms. The van der Waals surface area contributed by atoms with Crippen LogP contribution in [0.3, 0.4) is 0 Å². The minimum absolute atomic E-state index is 0.202. The summed E-state index contributed by atoms with van der Waals surface area (Å²) in [4.78, 5) is 21.0. The van der Waals surface area contributed by atoms with Gasteiger partial charge in [-0.1, -0.05) is 43.1 Å². The van der Waals surface area contributed by atoms with Crippen molar-refractivity contribution in [3.8, 4) is 0 Å². The molecule has 134 valence electrons. The summed E-state index contributed by atoms with van der Waals surface area (Å²) in [5, 5.41) is 14.4. The first kappa shape index (κ1) is 19.7. The van der Waals surface area contributed by atoms with Gasteiger partial charge >= 0.3 is 10.1 Å². The van der Waals surface area contributed by atoms with E-state index in [2.05, 4.69) is 37.0 Å². The number of oxime groups is 1. The Balaban J connectivity index is 2.37. The lowest BCUT2D eigenvalue weighted by atomic mass is 9.88. The second kappa shape index (κ2) is 6.96. The van der Waals surface area contributed by atoms with E-state index in [1.807, 2.05) is 0 Å². The number of nitro groups is 1. The van der Waals surface area contributed by atoms with Crippen LogP contribution in [0.15, 0.2) is 46.0 Å². The Labute approximate surface area is 160 Å². The summed E-state index contributed by atoms with van der Waals surface area (Å²) in [5.74, 6) is -0.202. The minimum Gasteiger partial charge on any atom is -0.293 e. The topological polar surface area (TPSA) is 116 Å². The van der Waals surface area contributed by atoms with Gasteiger partial charge in [-0.15, -0.1) is 0 Å². The molecule has 2 unspecified atom stereocenters. The number of alkyl halides is 2. The van der Waals surface area contributed by atoms with Crippen molar-refractivity contribution in [1.82, 2.24) is 0 Å². The van der Waals surface area contributed by atoms with E-state index in [1.165, 1.54) is 12.1 Å².